The van der Waals surface area contributed by atoms with Gasteiger partial charge in [0.15, 0.2) is 5.78 Å². The number of nitrogens with one attached hydrogen (secondary N) is 4. The van der Waals surface area contributed by atoms with E-state index in [4.69, 9.17) is 9.47 Å². The first-order valence-corrected chi connectivity index (χ1v) is 14.5. The van der Waals surface area contributed by atoms with Crippen LogP contribution >= 0.6 is 11.8 Å². The molecule has 1 rings (SSSR count). The molecule has 0 spiro atoms. The molecule has 0 aliphatic carbocycles. The number of rotatable bonds is 12. The average molecular weight is 595 g/mol. The molecule has 11 nitrogen and oxygen atoms in total. The van der Waals surface area contributed by atoms with Crippen LogP contribution in [0, 0.1) is 11.8 Å². The third kappa shape index (κ3) is 14.3. The monoisotopic (exact) mass is 594 g/mol. The molecule has 1 unspecified atom stereocenters. The molecule has 0 heterocycles. The van der Waals surface area contributed by atoms with Gasteiger partial charge in [-0.05, 0) is 65.5 Å². The Kier molecular flexibility index (Phi) is 13.6. The number of ketones is 1. The van der Waals surface area contributed by atoms with Crippen LogP contribution < -0.4 is 21.3 Å². The second-order valence-electron chi connectivity index (χ2n) is 12.2. The van der Waals surface area contributed by atoms with E-state index in [1.807, 2.05) is 6.07 Å². The van der Waals surface area contributed by atoms with E-state index >= 15 is 0 Å². The number of ether oxygens (including phenoxy) is 2. The number of carbonyl (C=O) groups is 5. The summed E-state index contributed by atoms with van der Waals surface area (Å²) in [6, 6.07) is 7.06. The summed E-state index contributed by atoms with van der Waals surface area (Å²) < 4.78 is 10.5. The van der Waals surface area contributed by atoms with Crippen molar-refractivity contribution in [3.05, 3.63) is 30.3 Å². The van der Waals surface area contributed by atoms with Crippen molar-refractivity contribution in [1.29, 1.82) is 0 Å². The van der Waals surface area contributed by atoms with Crippen LogP contribution in [0.25, 0.3) is 0 Å². The van der Waals surface area contributed by atoms with Crippen molar-refractivity contribution in [2.45, 2.75) is 103 Å². The van der Waals surface area contributed by atoms with Crippen molar-refractivity contribution in [2.24, 2.45) is 11.8 Å². The van der Waals surface area contributed by atoms with Crippen LogP contribution in [0.5, 0.6) is 0 Å². The lowest BCUT2D eigenvalue weighted by Gasteiger charge is -2.27. The Morgan fingerprint density at radius 3 is 1.56 bits per heavy atom. The average Bonchev–Trinajstić information content (AvgIpc) is 2.81. The van der Waals surface area contributed by atoms with Crippen LogP contribution in [0.2, 0.25) is 0 Å². The van der Waals surface area contributed by atoms with Gasteiger partial charge in [0.2, 0.25) is 11.8 Å². The zero-order chi connectivity index (χ0) is 31.5. The third-order valence-corrected chi connectivity index (χ3v) is 6.40. The van der Waals surface area contributed by atoms with Crippen molar-refractivity contribution in [3.8, 4) is 0 Å². The molecule has 0 saturated carbocycles. The maximum absolute atomic E-state index is 13.3. The summed E-state index contributed by atoms with van der Waals surface area (Å²) >= 11 is 1.10. The molecule has 1 aromatic rings. The number of hydrogen-bond donors (Lipinski definition) is 4. The molecule has 3 atom stereocenters. The van der Waals surface area contributed by atoms with Gasteiger partial charge in [-0.1, -0.05) is 57.7 Å². The minimum atomic E-state index is -1.08. The van der Waals surface area contributed by atoms with Crippen LogP contribution in [0.3, 0.4) is 0 Å². The molecule has 0 radical (unpaired) electrons. The molecule has 0 saturated heterocycles. The lowest BCUT2D eigenvalue weighted by molar-refractivity contribution is -0.129. The van der Waals surface area contributed by atoms with Gasteiger partial charge in [0, 0.05) is 4.90 Å². The molecule has 230 valence electrons. The Labute approximate surface area is 247 Å². The van der Waals surface area contributed by atoms with Crippen LogP contribution in [-0.4, -0.2) is 65.0 Å². The van der Waals surface area contributed by atoms with Crippen LogP contribution in [0.15, 0.2) is 35.2 Å². The van der Waals surface area contributed by atoms with E-state index in [1.54, 1.807) is 93.5 Å². The van der Waals surface area contributed by atoms with Gasteiger partial charge in [0.25, 0.3) is 0 Å². The van der Waals surface area contributed by atoms with Crippen molar-refractivity contribution in [3.63, 3.8) is 0 Å². The van der Waals surface area contributed by atoms with E-state index in [0.29, 0.717) is 4.90 Å². The molecule has 4 N–H and O–H groups in total. The number of Topliss-reactive ketones (excluding diaryl/α,β-unsaturated/α-hetero) is 1. The van der Waals surface area contributed by atoms with Crippen LogP contribution in [0.4, 0.5) is 9.59 Å². The highest BCUT2D eigenvalue weighted by molar-refractivity contribution is 8.00. The van der Waals surface area contributed by atoms with Gasteiger partial charge >= 0.3 is 12.2 Å². The predicted octanol–water partition coefficient (Wildman–Crippen LogP) is 4.00. The van der Waals surface area contributed by atoms with Gasteiger partial charge in [0.05, 0.1) is 6.54 Å². The first kappa shape index (κ1) is 35.7. The summed E-state index contributed by atoms with van der Waals surface area (Å²) in [4.78, 5) is 64.9. The Morgan fingerprint density at radius 1 is 0.707 bits per heavy atom. The molecule has 0 fully saturated rings. The molecular formula is C29H46N4O7S. The lowest BCUT2D eigenvalue weighted by atomic mass is 10.0. The van der Waals surface area contributed by atoms with E-state index in [2.05, 4.69) is 21.3 Å². The van der Waals surface area contributed by atoms with E-state index < -0.39 is 65.0 Å². The van der Waals surface area contributed by atoms with E-state index in [9.17, 15) is 24.0 Å². The summed E-state index contributed by atoms with van der Waals surface area (Å²) in [6.07, 6.45) is -1.51. The minimum absolute atomic E-state index is 0.294. The second-order valence-corrected chi connectivity index (χ2v) is 13.4. The van der Waals surface area contributed by atoms with Gasteiger partial charge in [-0.3, -0.25) is 14.4 Å². The number of carbonyl (C=O) groups excluding carboxylic acids is 5. The smallest absolute Gasteiger partial charge is 0.408 e. The number of amides is 4. The Morgan fingerprint density at radius 2 is 1.15 bits per heavy atom. The number of benzene rings is 1. The molecule has 0 aromatic heterocycles. The Balaban J connectivity index is 3.03. The standard InChI is InChI=1S/C29H46N4O7S/c1-17(2)21(31-26(37)39-28(5,6)7)23(35)30-16-20(34)25(41-19-14-12-11-13-15-19)33-24(36)22(18(3)4)32-27(38)40-29(8,9)10/h11-15,17-18,21-22,25H,16H2,1-10H3,(H,30,35)(H,31,37)(H,32,38)(H,33,36)/t21-,22-,25?/m0/s1. The van der Waals surface area contributed by atoms with Gasteiger partial charge in [-0.2, -0.15) is 0 Å². The molecule has 0 bridgehead atoms. The molecule has 12 heteroatoms. The number of hydrogen-bond acceptors (Lipinski definition) is 8. The zero-order valence-electron chi connectivity index (χ0n) is 25.7. The molecule has 1 aromatic carbocycles. The van der Waals surface area contributed by atoms with Gasteiger partial charge < -0.3 is 30.7 Å². The molecular weight excluding hydrogens is 548 g/mol. The van der Waals surface area contributed by atoms with Crippen molar-refractivity contribution in [1.82, 2.24) is 21.3 Å². The van der Waals surface area contributed by atoms with Crippen molar-refractivity contribution >= 4 is 41.5 Å². The summed E-state index contributed by atoms with van der Waals surface area (Å²) in [7, 11) is 0. The fraction of sp³-hybridized carbons (Fsp3) is 0.621. The Bertz CT molecular complexity index is 1050. The van der Waals surface area contributed by atoms with Gasteiger partial charge in [-0.15, -0.1) is 0 Å². The van der Waals surface area contributed by atoms with Gasteiger partial charge in [0.1, 0.15) is 28.7 Å². The quantitative estimate of drug-likeness (QED) is 0.209. The van der Waals surface area contributed by atoms with Crippen LogP contribution in [0.1, 0.15) is 69.2 Å². The summed E-state index contributed by atoms with van der Waals surface area (Å²) in [5.41, 5.74) is -1.50. The maximum Gasteiger partial charge on any atom is 0.408 e. The van der Waals surface area contributed by atoms with E-state index in [-0.39, 0.29) is 11.8 Å². The first-order valence-electron chi connectivity index (χ1n) is 13.6. The van der Waals surface area contributed by atoms with E-state index in [1.165, 1.54) is 0 Å². The highest BCUT2D eigenvalue weighted by Gasteiger charge is 2.32. The maximum atomic E-state index is 13.3. The van der Waals surface area contributed by atoms with Crippen molar-refractivity contribution in [2.75, 3.05) is 6.54 Å². The normalized spacial score (nSPS) is 14.0. The molecule has 0 aliphatic heterocycles. The molecule has 4 amide bonds. The predicted molar refractivity (Wildman–Crippen MR) is 158 cm³/mol. The van der Waals surface area contributed by atoms with E-state index in [0.717, 1.165) is 11.8 Å². The van der Waals surface area contributed by atoms with Crippen molar-refractivity contribution < 1.29 is 33.4 Å². The third-order valence-electron chi connectivity index (χ3n) is 5.24. The molecule has 0 aliphatic rings. The SMILES string of the molecule is CC(C)[C@H](NC(=O)OC(C)(C)C)C(=O)NCC(=O)C(NC(=O)[C@@H](NC(=O)OC(C)(C)C)C(C)C)Sc1ccccc1. The minimum Gasteiger partial charge on any atom is -0.444 e. The molecule has 41 heavy (non-hydrogen) atoms. The fourth-order valence-electron chi connectivity index (χ4n) is 3.35. The number of thioether (sulfide) groups is 1. The van der Waals surface area contributed by atoms with Gasteiger partial charge in [-0.25, -0.2) is 9.59 Å². The number of alkyl carbamates (subject to hydrolysis) is 2. The summed E-state index contributed by atoms with van der Waals surface area (Å²) in [5.74, 6) is -2.24. The fourth-order valence-corrected chi connectivity index (χ4v) is 4.32. The topological polar surface area (TPSA) is 152 Å². The zero-order valence-corrected chi connectivity index (χ0v) is 26.6. The Hall–Kier alpha value is -3.28. The largest absolute Gasteiger partial charge is 0.444 e. The summed E-state index contributed by atoms with van der Waals surface area (Å²) in [5, 5.41) is 9.32. The second kappa shape index (κ2) is 15.6. The summed E-state index contributed by atoms with van der Waals surface area (Å²) in [6.45, 7) is 16.9. The highest BCUT2D eigenvalue weighted by atomic mass is 32.2. The lowest BCUT2D eigenvalue weighted by Crippen LogP contribution is -2.55. The first-order chi connectivity index (χ1) is 18.8. The highest BCUT2D eigenvalue weighted by Crippen LogP contribution is 2.22. The van der Waals surface area contributed by atoms with Crippen LogP contribution in [-0.2, 0) is 23.9 Å².